The van der Waals surface area contributed by atoms with Crippen LogP contribution in [0, 0.1) is 11.3 Å². The third kappa shape index (κ3) is 3.79. The van der Waals surface area contributed by atoms with Crippen LogP contribution in [0.3, 0.4) is 0 Å². The van der Waals surface area contributed by atoms with Crippen molar-refractivity contribution in [1.82, 2.24) is 0 Å². The molecule has 0 amide bonds. The number of benzene rings is 1. The fourth-order valence-electron chi connectivity index (χ4n) is 1.13. The molecule has 1 aromatic rings. The molecule has 0 fully saturated rings. The van der Waals surface area contributed by atoms with Crippen molar-refractivity contribution in [2.75, 3.05) is 19.1 Å². The van der Waals surface area contributed by atoms with Crippen LogP contribution in [-0.2, 0) is 9.53 Å². The summed E-state index contributed by atoms with van der Waals surface area (Å²) in [6.45, 7) is 2.48. The van der Waals surface area contributed by atoms with Crippen LogP contribution in [0.2, 0.25) is 0 Å². The Labute approximate surface area is 105 Å². The maximum absolute atomic E-state index is 11.1. The molecule has 94 valence electrons. The second-order valence-electron chi connectivity index (χ2n) is 3.13. The van der Waals surface area contributed by atoms with E-state index in [1.807, 2.05) is 6.92 Å². The Morgan fingerprint density at radius 3 is 2.61 bits per heavy atom. The molecule has 0 unspecified atom stereocenters. The Bertz CT molecular complexity index is 474. The minimum absolute atomic E-state index is 0.341. The molecule has 0 saturated heterocycles. The largest absolute Gasteiger partial charge is 0.494 e. The van der Waals surface area contributed by atoms with Crippen LogP contribution in [0.25, 0.3) is 0 Å². The number of rotatable bonds is 5. The van der Waals surface area contributed by atoms with Gasteiger partial charge in [-0.3, -0.25) is 5.43 Å². The average molecular weight is 247 g/mol. The van der Waals surface area contributed by atoms with Crippen molar-refractivity contribution in [2.24, 2.45) is 5.10 Å². The normalized spacial score (nSPS) is 10.4. The zero-order valence-corrected chi connectivity index (χ0v) is 10.1. The zero-order chi connectivity index (χ0) is 13.4. The van der Waals surface area contributed by atoms with Gasteiger partial charge in [-0.25, -0.2) is 4.79 Å². The fraction of sp³-hybridized carbons (Fsp3) is 0.250. The van der Waals surface area contributed by atoms with Gasteiger partial charge >= 0.3 is 5.97 Å². The highest BCUT2D eigenvalue weighted by Gasteiger charge is 2.10. The van der Waals surface area contributed by atoms with E-state index >= 15 is 0 Å². The predicted octanol–water partition coefficient (Wildman–Crippen LogP) is 1.55. The zero-order valence-electron chi connectivity index (χ0n) is 10.1. The van der Waals surface area contributed by atoms with Gasteiger partial charge in [-0.05, 0) is 31.2 Å². The molecule has 6 heteroatoms. The molecule has 0 aliphatic heterocycles. The quantitative estimate of drug-likeness (QED) is 0.485. The van der Waals surface area contributed by atoms with Crippen molar-refractivity contribution in [3.63, 3.8) is 0 Å². The molecule has 0 spiro atoms. The number of hydrogen-bond donors (Lipinski definition) is 1. The van der Waals surface area contributed by atoms with Gasteiger partial charge in [-0.1, -0.05) is 0 Å². The molecule has 0 atom stereocenters. The summed E-state index contributed by atoms with van der Waals surface area (Å²) in [5.74, 6) is -0.0450. The average Bonchev–Trinajstić information content (AvgIpc) is 2.41. The van der Waals surface area contributed by atoms with Crippen molar-refractivity contribution in [3.8, 4) is 11.8 Å². The molecule has 0 heterocycles. The lowest BCUT2D eigenvalue weighted by Gasteiger charge is -2.04. The van der Waals surface area contributed by atoms with Crippen molar-refractivity contribution in [2.45, 2.75) is 6.92 Å². The first-order valence-electron chi connectivity index (χ1n) is 5.26. The maximum Gasteiger partial charge on any atom is 0.369 e. The van der Waals surface area contributed by atoms with Crippen LogP contribution in [0.4, 0.5) is 5.69 Å². The first kappa shape index (κ1) is 13.5. The Morgan fingerprint density at radius 2 is 2.11 bits per heavy atom. The van der Waals surface area contributed by atoms with E-state index in [0.717, 1.165) is 5.75 Å². The van der Waals surface area contributed by atoms with E-state index in [0.29, 0.717) is 12.3 Å². The van der Waals surface area contributed by atoms with Crippen molar-refractivity contribution in [3.05, 3.63) is 24.3 Å². The highest BCUT2D eigenvalue weighted by Crippen LogP contribution is 2.15. The van der Waals surface area contributed by atoms with Crippen LogP contribution in [0.1, 0.15) is 6.92 Å². The lowest BCUT2D eigenvalue weighted by molar-refractivity contribution is -0.132. The maximum atomic E-state index is 11.1. The fourth-order valence-corrected chi connectivity index (χ4v) is 1.13. The summed E-state index contributed by atoms with van der Waals surface area (Å²) in [4.78, 5) is 11.1. The number of hydrazone groups is 1. The Hall–Kier alpha value is -2.55. The highest BCUT2D eigenvalue weighted by molar-refractivity contribution is 6.43. The minimum Gasteiger partial charge on any atom is -0.494 e. The molecule has 6 nitrogen and oxygen atoms in total. The molecule has 0 radical (unpaired) electrons. The highest BCUT2D eigenvalue weighted by atomic mass is 16.5. The predicted molar refractivity (Wildman–Crippen MR) is 66.3 cm³/mol. The van der Waals surface area contributed by atoms with Gasteiger partial charge in [-0.2, -0.15) is 10.4 Å². The summed E-state index contributed by atoms with van der Waals surface area (Å²) in [7, 11) is 1.19. The van der Waals surface area contributed by atoms with E-state index in [1.54, 1.807) is 30.3 Å². The van der Waals surface area contributed by atoms with E-state index in [1.165, 1.54) is 7.11 Å². The Balaban J connectivity index is 2.70. The van der Waals surface area contributed by atoms with Crippen LogP contribution in [-0.4, -0.2) is 25.4 Å². The summed E-state index contributed by atoms with van der Waals surface area (Å²) >= 11 is 0. The summed E-state index contributed by atoms with van der Waals surface area (Å²) in [5, 5.41) is 12.3. The third-order valence-electron chi connectivity index (χ3n) is 1.95. The van der Waals surface area contributed by atoms with Crippen LogP contribution in [0.15, 0.2) is 29.4 Å². The van der Waals surface area contributed by atoms with E-state index in [-0.39, 0.29) is 5.71 Å². The number of esters is 1. The lowest BCUT2D eigenvalue weighted by Crippen LogP contribution is -2.15. The second kappa shape index (κ2) is 6.91. The summed E-state index contributed by atoms with van der Waals surface area (Å²) in [6.07, 6.45) is 0. The van der Waals surface area contributed by atoms with Crippen molar-refractivity contribution in [1.29, 1.82) is 5.26 Å². The van der Waals surface area contributed by atoms with Gasteiger partial charge in [-0.15, -0.1) is 0 Å². The number of carbonyl (C=O) groups is 1. The van der Waals surface area contributed by atoms with Gasteiger partial charge in [0.2, 0.25) is 5.71 Å². The molecular formula is C12H13N3O3. The number of nitriles is 1. The molecule has 1 rings (SSSR count). The number of carbonyl (C=O) groups excluding carboxylic acids is 1. The van der Waals surface area contributed by atoms with E-state index in [9.17, 15) is 4.79 Å². The number of nitrogens with one attached hydrogen (secondary N) is 1. The standard InChI is InChI=1S/C12H13N3O3/c1-3-18-10-6-4-9(5-7-10)14-15-11(8-13)12(16)17-2/h4-7,14H,3H2,1-2H3/b15-11+. The molecule has 0 saturated carbocycles. The summed E-state index contributed by atoms with van der Waals surface area (Å²) < 4.78 is 9.66. The first-order chi connectivity index (χ1) is 8.71. The Kier molecular flexibility index (Phi) is 5.19. The third-order valence-corrected chi connectivity index (χ3v) is 1.95. The van der Waals surface area contributed by atoms with Crippen LogP contribution < -0.4 is 10.2 Å². The molecule has 0 bridgehead atoms. The van der Waals surface area contributed by atoms with Crippen LogP contribution in [0.5, 0.6) is 5.75 Å². The number of anilines is 1. The van der Waals surface area contributed by atoms with Crippen molar-refractivity contribution < 1.29 is 14.3 Å². The Morgan fingerprint density at radius 1 is 1.44 bits per heavy atom. The number of nitrogens with zero attached hydrogens (tertiary/aromatic N) is 2. The van der Waals surface area contributed by atoms with E-state index in [2.05, 4.69) is 15.3 Å². The molecule has 1 N–H and O–H groups in total. The van der Waals surface area contributed by atoms with Gasteiger partial charge in [0, 0.05) is 0 Å². The van der Waals surface area contributed by atoms with E-state index < -0.39 is 5.97 Å². The first-order valence-corrected chi connectivity index (χ1v) is 5.26. The van der Waals surface area contributed by atoms with Crippen molar-refractivity contribution >= 4 is 17.4 Å². The molecule has 0 aliphatic carbocycles. The smallest absolute Gasteiger partial charge is 0.369 e. The molecule has 0 aliphatic rings. The number of ether oxygens (including phenoxy) is 2. The SMILES string of the molecule is CCOc1ccc(N/N=C(\C#N)C(=O)OC)cc1. The van der Waals surface area contributed by atoms with Gasteiger partial charge < -0.3 is 9.47 Å². The molecule has 18 heavy (non-hydrogen) atoms. The van der Waals surface area contributed by atoms with Crippen LogP contribution >= 0.6 is 0 Å². The molecule has 1 aromatic carbocycles. The number of hydrogen-bond acceptors (Lipinski definition) is 6. The molecular weight excluding hydrogens is 234 g/mol. The summed E-state index contributed by atoms with van der Waals surface area (Å²) in [6, 6.07) is 8.60. The topological polar surface area (TPSA) is 83.7 Å². The lowest BCUT2D eigenvalue weighted by atomic mass is 10.3. The second-order valence-corrected chi connectivity index (χ2v) is 3.13. The van der Waals surface area contributed by atoms with Gasteiger partial charge in [0.1, 0.15) is 11.8 Å². The molecule has 0 aromatic heterocycles. The minimum atomic E-state index is -0.782. The van der Waals surface area contributed by atoms with Gasteiger partial charge in [0.25, 0.3) is 0 Å². The number of methoxy groups -OCH3 is 1. The van der Waals surface area contributed by atoms with E-state index in [4.69, 9.17) is 10.00 Å². The summed E-state index contributed by atoms with van der Waals surface area (Å²) in [5.41, 5.74) is 2.88. The van der Waals surface area contributed by atoms with Gasteiger partial charge in [0.15, 0.2) is 0 Å². The monoisotopic (exact) mass is 247 g/mol. The van der Waals surface area contributed by atoms with Gasteiger partial charge in [0.05, 0.1) is 19.4 Å².